The highest BCUT2D eigenvalue weighted by atomic mass is 16.3. The number of para-hydroxylation sites is 1. The Hall–Kier alpha value is -5.60. The Kier molecular flexibility index (Phi) is 4.21. The lowest BCUT2D eigenvalue weighted by Gasteiger charge is -2.15. The predicted octanol–water partition coefficient (Wildman–Crippen LogP) is 11.2. The van der Waals surface area contributed by atoms with E-state index in [-0.39, 0.29) is 0 Å². The summed E-state index contributed by atoms with van der Waals surface area (Å²) < 4.78 is 9.23. The summed E-state index contributed by atoms with van der Waals surface area (Å²) in [4.78, 5) is 0. The number of hydrogen-bond donors (Lipinski definition) is 0. The molecule has 2 nitrogen and oxygen atoms in total. The second-order valence-corrected chi connectivity index (χ2v) is 11.3. The van der Waals surface area contributed by atoms with Crippen LogP contribution in [0.25, 0.3) is 93.6 Å². The van der Waals surface area contributed by atoms with Crippen molar-refractivity contribution in [3.63, 3.8) is 0 Å². The Morgan fingerprint density at radius 1 is 0.429 bits per heavy atom. The first-order valence-electron chi connectivity index (χ1n) is 14.5. The Morgan fingerprint density at radius 2 is 1.07 bits per heavy atom. The van der Waals surface area contributed by atoms with Crippen LogP contribution in [-0.4, -0.2) is 4.57 Å². The standard InChI is InChI=1S/C40H23NO/c1-2-11-24(12-3-1)25-13-8-14-26(23-25)41-33-21-10-19-30-28-16-5-4-15-27(28)29-18-9-20-32-35(29)38(36(30)33)39(41)37-31-17-6-7-22-34(31)42-40(32)37/h1-23H. The second kappa shape index (κ2) is 7.99. The van der Waals surface area contributed by atoms with Gasteiger partial charge in [0.25, 0.3) is 0 Å². The molecule has 0 unspecified atom stereocenters. The average Bonchev–Trinajstić information content (AvgIpc) is 3.58. The molecule has 0 saturated carbocycles. The summed E-state index contributed by atoms with van der Waals surface area (Å²) in [5.74, 6) is 0. The van der Waals surface area contributed by atoms with Crippen LogP contribution in [-0.2, 0) is 0 Å². The molecule has 2 heteroatoms. The van der Waals surface area contributed by atoms with Crippen molar-refractivity contribution in [2.75, 3.05) is 0 Å². The van der Waals surface area contributed by atoms with Crippen molar-refractivity contribution in [2.45, 2.75) is 0 Å². The van der Waals surface area contributed by atoms with Crippen LogP contribution in [0.5, 0.6) is 0 Å². The SMILES string of the molecule is c1ccc(-c2cccc(-n3c4cccc5c4c4c6c(cccc6c6oc7ccccc7c6c43)-c3ccccc3-5)c2)cc1. The number of aromatic nitrogens is 1. The molecule has 0 atom stereocenters. The maximum atomic E-state index is 6.74. The van der Waals surface area contributed by atoms with Gasteiger partial charge < -0.3 is 8.98 Å². The number of hydrogen-bond acceptors (Lipinski definition) is 1. The summed E-state index contributed by atoms with van der Waals surface area (Å²) in [6.45, 7) is 0. The van der Waals surface area contributed by atoms with Gasteiger partial charge in [-0.25, -0.2) is 0 Å². The Bertz CT molecular complexity index is 2560. The summed E-state index contributed by atoms with van der Waals surface area (Å²) in [7, 11) is 0. The molecule has 0 aliphatic heterocycles. The van der Waals surface area contributed by atoms with Crippen LogP contribution in [0.4, 0.5) is 0 Å². The third-order valence-electron chi connectivity index (χ3n) is 9.10. The highest BCUT2D eigenvalue weighted by Crippen LogP contribution is 2.53. The van der Waals surface area contributed by atoms with E-state index >= 15 is 0 Å². The lowest BCUT2D eigenvalue weighted by atomic mass is 9.92. The van der Waals surface area contributed by atoms with Crippen molar-refractivity contribution in [1.82, 2.24) is 4.57 Å². The fourth-order valence-corrected chi connectivity index (χ4v) is 7.43. The van der Waals surface area contributed by atoms with Gasteiger partial charge in [-0.2, -0.15) is 0 Å². The minimum absolute atomic E-state index is 0.916. The van der Waals surface area contributed by atoms with Crippen LogP contribution >= 0.6 is 0 Å². The van der Waals surface area contributed by atoms with Gasteiger partial charge in [0.05, 0.1) is 16.4 Å². The van der Waals surface area contributed by atoms with Crippen molar-refractivity contribution in [2.24, 2.45) is 0 Å². The van der Waals surface area contributed by atoms with Crippen LogP contribution in [0.15, 0.2) is 144 Å². The molecule has 194 valence electrons. The molecule has 1 aliphatic rings. The number of nitrogens with zero attached hydrogens (tertiary/aromatic N) is 1. The van der Waals surface area contributed by atoms with Gasteiger partial charge in [-0.1, -0.05) is 115 Å². The lowest BCUT2D eigenvalue weighted by molar-refractivity contribution is 0.673. The van der Waals surface area contributed by atoms with Crippen molar-refractivity contribution in [3.05, 3.63) is 140 Å². The van der Waals surface area contributed by atoms with Gasteiger partial charge in [0.1, 0.15) is 11.2 Å². The van der Waals surface area contributed by atoms with Crippen molar-refractivity contribution >= 4 is 54.5 Å². The van der Waals surface area contributed by atoms with Gasteiger partial charge in [0.2, 0.25) is 0 Å². The zero-order valence-electron chi connectivity index (χ0n) is 22.6. The highest BCUT2D eigenvalue weighted by Gasteiger charge is 2.28. The molecule has 0 spiro atoms. The van der Waals surface area contributed by atoms with E-state index in [1.807, 2.05) is 0 Å². The van der Waals surface area contributed by atoms with Crippen molar-refractivity contribution in [1.29, 1.82) is 0 Å². The van der Waals surface area contributed by atoms with E-state index in [2.05, 4.69) is 144 Å². The molecule has 2 aromatic heterocycles. The topological polar surface area (TPSA) is 18.1 Å². The fraction of sp³-hybridized carbons (Fsp3) is 0. The molecule has 1 aliphatic carbocycles. The van der Waals surface area contributed by atoms with Crippen LogP contribution in [0.1, 0.15) is 0 Å². The van der Waals surface area contributed by atoms with Gasteiger partial charge in [-0.05, 0) is 57.6 Å². The summed E-state index contributed by atoms with van der Waals surface area (Å²) in [6, 6.07) is 50.4. The molecule has 7 aromatic carbocycles. The molecule has 0 fully saturated rings. The van der Waals surface area contributed by atoms with E-state index in [0.29, 0.717) is 0 Å². The highest BCUT2D eigenvalue weighted by molar-refractivity contribution is 6.39. The van der Waals surface area contributed by atoms with Gasteiger partial charge in [0.15, 0.2) is 0 Å². The number of fused-ring (bicyclic) bond motifs is 8. The van der Waals surface area contributed by atoms with E-state index in [9.17, 15) is 0 Å². The van der Waals surface area contributed by atoms with Crippen molar-refractivity contribution < 1.29 is 4.42 Å². The summed E-state index contributed by atoms with van der Waals surface area (Å²) in [6.07, 6.45) is 0. The zero-order chi connectivity index (χ0) is 27.4. The molecule has 2 heterocycles. The predicted molar refractivity (Wildman–Crippen MR) is 175 cm³/mol. The van der Waals surface area contributed by atoms with Gasteiger partial charge in [0, 0.05) is 32.6 Å². The minimum atomic E-state index is 0.916. The third-order valence-corrected chi connectivity index (χ3v) is 9.10. The summed E-state index contributed by atoms with van der Waals surface area (Å²) in [5, 5.41) is 7.34. The average molecular weight is 534 g/mol. The summed E-state index contributed by atoms with van der Waals surface area (Å²) >= 11 is 0. The van der Waals surface area contributed by atoms with Gasteiger partial charge >= 0.3 is 0 Å². The first kappa shape index (κ1) is 22.1. The zero-order valence-corrected chi connectivity index (χ0v) is 22.6. The molecule has 42 heavy (non-hydrogen) atoms. The van der Waals surface area contributed by atoms with Crippen LogP contribution in [0, 0.1) is 0 Å². The molecule has 0 amide bonds. The number of rotatable bonds is 2. The van der Waals surface area contributed by atoms with Crippen LogP contribution in [0.2, 0.25) is 0 Å². The quantitative estimate of drug-likeness (QED) is 0.216. The molecule has 10 rings (SSSR count). The van der Waals surface area contributed by atoms with E-state index in [1.165, 1.54) is 66.0 Å². The van der Waals surface area contributed by atoms with E-state index in [0.717, 1.165) is 27.6 Å². The second-order valence-electron chi connectivity index (χ2n) is 11.3. The maximum absolute atomic E-state index is 6.74. The van der Waals surface area contributed by atoms with Gasteiger partial charge in [-0.3, -0.25) is 0 Å². The molecule has 0 radical (unpaired) electrons. The molecule has 0 N–H and O–H groups in total. The Labute approximate surface area is 241 Å². The molecule has 0 bridgehead atoms. The molecular weight excluding hydrogens is 510 g/mol. The largest absolute Gasteiger partial charge is 0.455 e. The normalized spacial score (nSPS) is 12.3. The number of benzene rings is 7. The first-order valence-corrected chi connectivity index (χ1v) is 14.5. The van der Waals surface area contributed by atoms with E-state index in [4.69, 9.17) is 4.42 Å². The maximum Gasteiger partial charge on any atom is 0.145 e. The Morgan fingerprint density at radius 3 is 1.93 bits per heavy atom. The van der Waals surface area contributed by atoms with E-state index < -0.39 is 0 Å². The van der Waals surface area contributed by atoms with Crippen LogP contribution < -0.4 is 0 Å². The summed E-state index contributed by atoms with van der Waals surface area (Å²) in [5.41, 5.74) is 12.9. The molecular formula is C40H23NO. The first-order chi connectivity index (χ1) is 20.9. The Balaban J connectivity index is 1.51. The van der Waals surface area contributed by atoms with E-state index in [1.54, 1.807) is 0 Å². The smallest absolute Gasteiger partial charge is 0.145 e. The lowest BCUT2D eigenvalue weighted by Crippen LogP contribution is -1.96. The molecule has 9 aromatic rings. The third kappa shape index (κ3) is 2.74. The van der Waals surface area contributed by atoms with Crippen molar-refractivity contribution in [3.8, 4) is 39.1 Å². The fourth-order valence-electron chi connectivity index (χ4n) is 7.43. The minimum Gasteiger partial charge on any atom is -0.455 e. The van der Waals surface area contributed by atoms with Gasteiger partial charge in [-0.15, -0.1) is 0 Å². The monoisotopic (exact) mass is 533 g/mol. The van der Waals surface area contributed by atoms with Crippen LogP contribution in [0.3, 0.4) is 0 Å². The number of furan rings is 1. The molecule has 0 saturated heterocycles.